The molecule has 0 atom stereocenters. The quantitative estimate of drug-likeness (QED) is 0.476. The predicted octanol–water partition coefficient (Wildman–Crippen LogP) is 2.62. The van der Waals surface area contributed by atoms with Gasteiger partial charge in [0.25, 0.3) is 0 Å². The first-order valence-corrected chi connectivity index (χ1v) is 8.99. The number of pyridine rings is 1. The summed E-state index contributed by atoms with van der Waals surface area (Å²) in [5.74, 6) is -0.392. The van der Waals surface area contributed by atoms with E-state index >= 15 is 0 Å². The number of hydrogen-bond donors (Lipinski definition) is 2. The lowest BCUT2D eigenvalue weighted by atomic mass is 10.1. The van der Waals surface area contributed by atoms with Crippen molar-refractivity contribution < 1.29 is 9.18 Å². The lowest BCUT2D eigenvalue weighted by molar-refractivity contribution is -0.116. The Balaban J connectivity index is 1.57. The Hall–Kier alpha value is -3.99. The summed E-state index contributed by atoms with van der Waals surface area (Å²) >= 11 is 0. The number of nitrogen functional groups attached to an aromatic ring is 1. The number of aryl methyl sites for hydroxylation is 1. The molecular formula is C21H19FN6O. The topological polar surface area (TPSA) is 110 Å². The number of nitriles is 1. The third-order valence-electron chi connectivity index (χ3n) is 4.16. The van der Waals surface area contributed by atoms with Gasteiger partial charge >= 0.3 is 0 Å². The molecule has 2 heterocycles. The number of anilines is 1. The van der Waals surface area contributed by atoms with Gasteiger partial charge < -0.3 is 11.1 Å². The van der Waals surface area contributed by atoms with Crippen molar-refractivity contribution in [3.8, 4) is 11.8 Å². The second-order valence-electron chi connectivity index (χ2n) is 6.19. The molecule has 2 aromatic heterocycles. The van der Waals surface area contributed by atoms with Gasteiger partial charge in [-0.25, -0.2) is 9.07 Å². The zero-order valence-electron chi connectivity index (χ0n) is 15.5. The monoisotopic (exact) mass is 390 g/mol. The molecular weight excluding hydrogens is 371 g/mol. The number of carbonyl (C=O) groups is 1. The van der Waals surface area contributed by atoms with Gasteiger partial charge in [0.05, 0.1) is 17.1 Å². The van der Waals surface area contributed by atoms with E-state index in [2.05, 4.69) is 21.5 Å². The molecule has 1 amide bonds. The lowest BCUT2D eigenvalue weighted by Crippen LogP contribution is -2.22. The van der Waals surface area contributed by atoms with Gasteiger partial charge in [-0.2, -0.15) is 10.4 Å². The number of aromatic nitrogens is 3. The van der Waals surface area contributed by atoms with Gasteiger partial charge in [0.1, 0.15) is 23.3 Å². The highest BCUT2D eigenvalue weighted by Gasteiger charge is 2.16. The van der Waals surface area contributed by atoms with Crippen molar-refractivity contribution >= 4 is 17.8 Å². The molecule has 0 spiro atoms. The molecule has 8 heteroatoms. The van der Waals surface area contributed by atoms with Crippen LogP contribution < -0.4 is 11.1 Å². The Kier molecular flexibility index (Phi) is 6.32. The van der Waals surface area contributed by atoms with Crippen LogP contribution in [0.5, 0.6) is 0 Å². The van der Waals surface area contributed by atoms with Crippen LogP contribution in [0.15, 0.2) is 54.7 Å². The normalized spacial score (nSPS) is 10.8. The van der Waals surface area contributed by atoms with E-state index in [4.69, 9.17) is 5.73 Å². The maximum absolute atomic E-state index is 13.1. The molecule has 7 nitrogen and oxygen atoms in total. The molecule has 0 saturated carbocycles. The van der Waals surface area contributed by atoms with Crippen LogP contribution in [0.3, 0.4) is 0 Å². The Labute approximate surface area is 167 Å². The maximum Gasteiger partial charge on any atom is 0.244 e. The van der Waals surface area contributed by atoms with Crippen molar-refractivity contribution in [2.45, 2.75) is 12.8 Å². The van der Waals surface area contributed by atoms with E-state index in [1.807, 2.05) is 6.07 Å². The summed E-state index contributed by atoms with van der Waals surface area (Å²) in [5, 5.41) is 16.6. The average molecular weight is 390 g/mol. The standard InChI is InChI=1S/C21H19FN6O/c22-15-6-9-17(10-7-15)28-21(24)18(14-23)19(27-28)5-3-13-26-20(29)11-8-16-4-1-2-12-25-16/h1-2,4,6-12H,3,5,13,24H2,(H,26,29)/b11-8+. The van der Waals surface area contributed by atoms with Gasteiger partial charge in [0.2, 0.25) is 5.91 Å². The third-order valence-corrected chi connectivity index (χ3v) is 4.16. The average Bonchev–Trinajstić information content (AvgIpc) is 3.06. The highest BCUT2D eigenvalue weighted by molar-refractivity contribution is 5.91. The minimum absolute atomic E-state index is 0.205. The Morgan fingerprint density at radius 3 is 2.76 bits per heavy atom. The van der Waals surface area contributed by atoms with Crippen molar-refractivity contribution in [2.24, 2.45) is 0 Å². The van der Waals surface area contributed by atoms with Crippen LogP contribution in [-0.4, -0.2) is 27.2 Å². The Bertz CT molecular complexity index is 1050. The van der Waals surface area contributed by atoms with Crippen molar-refractivity contribution in [3.63, 3.8) is 0 Å². The molecule has 0 aliphatic carbocycles. The van der Waals surface area contributed by atoms with Gasteiger partial charge in [-0.15, -0.1) is 0 Å². The van der Waals surface area contributed by atoms with Crippen molar-refractivity contribution in [2.75, 3.05) is 12.3 Å². The second-order valence-corrected chi connectivity index (χ2v) is 6.19. The number of nitrogens with one attached hydrogen (secondary N) is 1. The maximum atomic E-state index is 13.1. The molecule has 3 rings (SSSR count). The lowest BCUT2D eigenvalue weighted by Gasteiger charge is -2.03. The summed E-state index contributed by atoms with van der Waals surface area (Å²) in [6, 6.07) is 13.2. The molecule has 0 saturated heterocycles. The van der Waals surface area contributed by atoms with Gasteiger partial charge in [-0.1, -0.05) is 6.07 Å². The van der Waals surface area contributed by atoms with E-state index in [0.717, 1.165) is 0 Å². The number of carbonyl (C=O) groups excluding carboxylic acids is 1. The van der Waals surface area contributed by atoms with E-state index in [-0.39, 0.29) is 23.1 Å². The summed E-state index contributed by atoms with van der Waals surface area (Å²) < 4.78 is 14.5. The first kappa shape index (κ1) is 19.8. The largest absolute Gasteiger partial charge is 0.382 e. The molecule has 0 aliphatic rings. The Morgan fingerprint density at radius 1 is 1.28 bits per heavy atom. The number of nitrogens with zero attached hydrogens (tertiary/aromatic N) is 4. The first-order chi connectivity index (χ1) is 14.1. The van der Waals surface area contributed by atoms with Crippen LogP contribution in [0, 0.1) is 17.1 Å². The molecule has 0 aliphatic heterocycles. The molecule has 3 N–H and O–H groups in total. The summed E-state index contributed by atoms with van der Waals surface area (Å²) in [5.41, 5.74) is 8.12. The molecule has 0 bridgehead atoms. The number of rotatable bonds is 7. The molecule has 29 heavy (non-hydrogen) atoms. The smallest absolute Gasteiger partial charge is 0.244 e. The second kappa shape index (κ2) is 9.28. The van der Waals surface area contributed by atoms with Crippen LogP contribution in [0.4, 0.5) is 10.2 Å². The molecule has 1 aromatic carbocycles. The molecule has 0 unspecified atom stereocenters. The third kappa shape index (κ3) is 5.05. The fraction of sp³-hybridized carbons (Fsp3) is 0.143. The highest BCUT2D eigenvalue weighted by atomic mass is 19.1. The summed E-state index contributed by atoms with van der Waals surface area (Å²) in [4.78, 5) is 16.0. The summed E-state index contributed by atoms with van der Waals surface area (Å²) in [6.45, 7) is 0.416. The predicted molar refractivity (Wildman–Crippen MR) is 107 cm³/mol. The highest BCUT2D eigenvalue weighted by Crippen LogP contribution is 2.21. The number of nitrogens with two attached hydrogens (primary N) is 1. The van der Waals surface area contributed by atoms with Gasteiger partial charge in [0, 0.05) is 18.8 Å². The van der Waals surface area contributed by atoms with E-state index in [1.165, 1.54) is 35.0 Å². The summed E-state index contributed by atoms with van der Waals surface area (Å²) in [6.07, 6.45) is 5.75. The van der Waals surface area contributed by atoms with Crippen molar-refractivity contribution in [1.82, 2.24) is 20.1 Å². The number of hydrogen-bond acceptors (Lipinski definition) is 5. The van der Waals surface area contributed by atoms with E-state index in [1.54, 1.807) is 24.4 Å². The van der Waals surface area contributed by atoms with E-state index in [9.17, 15) is 14.4 Å². The molecule has 0 radical (unpaired) electrons. The fourth-order valence-corrected chi connectivity index (χ4v) is 2.72. The van der Waals surface area contributed by atoms with Crippen LogP contribution in [0.2, 0.25) is 0 Å². The number of benzene rings is 1. The first-order valence-electron chi connectivity index (χ1n) is 8.99. The van der Waals surface area contributed by atoms with Gasteiger partial charge in [-0.05, 0) is 55.3 Å². The number of amides is 1. The van der Waals surface area contributed by atoms with Crippen molar-refractivity contribution in [1.29, 1.82) is 5.26 Å². The minimum atomic E-state index is -0.368. The fourth-order valence-electron chi connectivity index (χ4n) is 2.72. The SMILES string of the molecule is N#Cc1c(CCCNC(=O)/C=C/c2ccccn2)nn(-c2ccc(F)cc2)c1N. The van der Waals surface area contributed by atoms with Gasteiger partial charge in [0.15, 0.2) is 0 Å². The zero-order chi connectivity index (χ0) is 20.6. The van der Waals surface area contributed by atoms with E-state index < -0.39 is 0 Å². The minimum Gasteiger partial charge on any atom is -0.382 e. The van der Waals surface area contributed by atoms with E-state index in [0.29, 0.717) is 36.5 Å². The summed E-state index contributed by atoms with van der Waals surface area (Å²) in [7, 11) is 0. The molecule has 3 aromatic rings. The van der Waals surface area contributed by atoms with Crippen LogP contribution >= 0.6 is 0 Å². The van der Waals surface area contributed by atoms with Crippen LogP contribution in [-0.2, 0) is 11.2 Å². The molecule has 146 valence electrons. The number of halogens is 1. The van der Waals surface area contributed by atoms with Crippen LogP contribution in [0.1, 0.15) is 23.4 Å². The van der Waals surface area contributed by atoms with Crippen molar-refractivity contribution in [3.05, 3.63) is 77.5 Å². The zero-order valence-corrected chi connectivity index (χ0v) is 15.5. The van der Waals surface area contributed by atoms with Gasteiger partial charge in [-0.3, -0.25) is 9.78 Å². The van der Waals surface area contributed by atoms with Crippen LogP contribution in [0.25, 0.3) is 11.8 Å². The molecule has 0 fully saturated rings. The Morgan fingerprint density at radius 2 is 2.07 bits per heavy atom.